The highest BCUT2D eigenvalue weighted by atomic mass is 35.5. The Morgan fingerprint density at radius 2 is 1.70 bits per heavy atom. The number of aromatic nitrogens is 2. The fourth-order valence-electron chi connectivity index (χ4n) is 5.24. The normalized spacial score (nSPS) is 14.0. The number of halogens is 2. The Hall–Kier alpha value is -3.60. The van der Waals surface area contributed by atoms with Gasteiger partial charge in [0.2, 0.25) is 11.8 Å². The fourth-order valence-corrected chi connectivity index (χ4v) is 6.08. The predicted molar refractivity (Wildman–Crippen MR) is 179 cm³/mol. The lowest BCUT2D eigenvalue weighted by molar-refractivity contribution is -0.137. The van der Waals surface area contributed by atoms with Crippen LogP contribution in [-0.2, 0) is 16.1 Å². The lowest BCUT2D eigenvalue weighted by Crippen LogP contribution is -2.47. The molecule has 43 heavy (non-hydrogen) atoms. The van der Waals surface area contributed by atoms with E-state index in [0.29, 0.717) is 43.4 Å². The van der Waals surface area contributed by atoms with Gasteiger partial charge in [-0.2, -0.15) is 0 Å². The van der Waals surface area contributed by atoms with Crippen molar-refractivity contribution in [3.63, 3.8) is 0 Å². The summed E-state index contributed by atoms with van der Waals surface area (Å²) in [5.41, 5.74) is 1.27. The first-order valence-corrected chi connectivity index (χ1v) is 14.7. The van der Waals surface area contributed by atoms with E-state index in [2.05, 4.69) is 9.88 Å². The minimum absolute atomic E-state index is 0. The molecule has 0 radical (unpaired) electrons. The van der Waals surface area contributed by atoms with Crippen LogP contribution in [0.1, 0.15) is 27.2 Å². The number of thiophene rings is 1. The number of nitrogens with zero attached hydrogens (tertiary/aromatic N) is 5. The molecule has 0 spiro atoms. The largest absolute Gasteiger partial charge is 0.493 e. The van der Waals surface area contributed by atoms with Crippen LogP contribution in [0, 0.1) is 5.41 Å². The van der Waals surface area contributed by atoms with E-state index in [4.69, 9.17) is 4.74 Å². The van der Waals surface area contributed by atoms with Crippen LogP contribution in [-0.4, -0.2) is 54.7 Å². The number of fused-ring (bicyclic) bond motifs is 2. The quantitative estimate of drug-likeness (QED) is 0.164. The van der Waals surface area contributed by atoms with Gasteiger partial charge in [0.05, 0.1) is 22.7 Å². The first kappa shape index (κ1) is 33.9. The molecule has 0 saturated heterocycles. The van der Waals surface area contributed by atoms with Gasteiger partial charge in [0.1, 0.15) is 11.2 Å². The van der Waals surface area contributed by atoms with Crippen molar-refractivity contribution in [2.24, 2.45) is 5.41 Å². The van der Waals surface area contributed by atoms with Crippen molar-refractivity contribution >= 4 is 75.1 Å². The minimum atomic E-state index is -1.15. The minimum Gasteiger partial charge on any atom is -0.493 e. The number of carbonyl (C=O) groups excluding carboxylic acids is 2. The van der Waals surface area contributed by atoms with E-state index >= 15 is 0 Å². The Morgan fingerprint density at radius 1 is 0.953 bits per heavy atom. The van der Waals surface area contributed by atoms with Gasteiger partial charge in [-0.25, -0.2) is 0 Å². The summed E-state index contributed by atoms with van der Waals surface area (Å²) in [5, 5.41) is 2.92. The van der Waals surface area contributed by atoms with Crippen molar-refractivity contribution in [3.8, 4) is 5.75 Å². The molecule has 0 aliphatic carbocycles. The van der Waals surface area contributed by atoms with E-state index in [-0.39, 0.29) is 42.2 Å². The van der Waals surface area contributed by atoms with Crippen LogP contribution in [0.5, 0.6) is 5.75 Å². The molecule has 9 nitrogen and oxygen atoms in total. The van der Waals surface area contributed by atoms with Crippen LogP contribution in [0.15, 0.2) is 71.2 Å². The summed E-state index contributed by atoms with van der Waals surface area (Å²) in [7, 11) is 1.70. The van der Waals surface area contributed by atoms with E-state index in [0.717, 1.165) is 28.7 Å². The number of pyridine rings is 2. The third-order valence-electron chi connectivity index (χ3n) is 7.60. The van der Waals surface area contributed by atoms with Crippen molar-refractivity contribution < 1.29 is 14.3 Å². The van der Waals surface area contributed by atoms with Crippen molar-refractivity contribution in [3.05, 3.63) is 76.8 Å². The summed E-state index contributed by atoms with van der Waals surface area (Å²) in [4.78, 5) is 48.7. The first-order valence-electron chi connectivity index (χ1n) is 13.8. The second-order valence-electron chi connectivity index (χ2n) is 10.6. The van der Waals surface area contributed by atoms with Crippen molar-refractivity contribution in [1.29, 1.82) is 0 Å². The first-order chi connectivity index (χ1) is 19.7. The third-order valence-corrected chi connectivity index (χ3v) is 8.52. The highest BCUT2D eigenvalue weighted by molar-refractivity contribution is 7.17. The van der Waals surface area contributed by atoms with E-state index < -0.39 is 5.41 Å². The van der Waals surface area contributed by atoms with Gasteiger partial charge in [-0.1, -0.05) is 0 Å². The van der Waals surface area contributed by atoms with Crippen LogP contribution in [0.25, 0.3) is 10.1 Å². The summed E-state index contributed by atoms with van der Waals surface area (Å²) in [6.45, 7) is 8.11. The average Bonchev–Trinajstić information content (AvgIpc) is 3.46. The molecule has 1 aliphatic heterocycles. The van der Waals surface area contributed by atoms with Gasteiger partial charge in [-0.05, 0) is 74.4 Å². The zero-order valence-electron chi connectivity index (χ0n) is 24.7. The maximum absolute atomic E-state index is 13.1. The average molecular weight is 647 g/mol. The van der Waals surface area contributed by atoms with E-state index in [1.807, 2.05) is 61.0 Å². The molecule has 12 heteroatoms. The second kappa shape index (κ2) is 14.2. The van der Waals surface area contributed by atoms with Crippen LogP contribution < -0.4 is 25.0 Å². The van der Waals surface area contributed by atoms with Crippen molar-refractivity contribution in [1.82, 2.24) is 9.55 Å². The molecule has 0 unspecified atom stereocenters. The fraction of sp³-hybridized carbons (Fsp3) is 0.355. The Kier molecular flexibility index (Phi) is 11.2. The molecule has 4 aromatic rings. The van der Waals surface area contributed by atoms with Crippen molar-refractivity contribution in [2.75, 3.05) is 48.0 Å². The standard InChI is InChI=1S/C31H35N5O4S.2ClH/c1-5-36-25-8-7-24(21-26(25)33(4)29(38)31(2,3)30(36)39)40-19-6-15-34(23-9-13-32-14-10-23)17-18-35-16-11-22-12-20-41-27(22)28(35)37;;/h7-14,16,20-21H,5-6,15,17-19H2,1-4H3;2*1H. The van der Waals surface area contributed by atoms with Crippen molar-refractivity contribution in [2.45, 2.75) is 33.7 Å². The third kappa shape index (κ3) is 6.82. The highest BCUT2D eigenvalue weighted by Crippen LogP contribution is 2.40. The molecule has 0 N–H and O–H groups in total. The Labute approximate surface area is 267 Å². The molecule has 4 heterocycles. The number of ether oxygens (including phenoxy) is 1. The molecule has 1 aromatic carbocycles. The molecule has 230 valence electrons. The summed E-state index contributed by atoms with van der Waals surface area (Å²) in [6, 6.07) is 13.4. The van der Waals surface area contributed by atoms with Gasteiger partial charge >= 0.3 is 0 Å². The van der Waals surface area contributed by atoms with Crippen LogP contribution >= 0.6 is 36.2 Å². The SMILES string of the molecule is CCN1C(=O)C(C)(C)C(=O)N(C)c2cc(OCCCN(CCn3ccc4ccsc4c3=O)c3ccncc3)ccc21.Cl.Cl. The Bertz CT molecular complexity index is 1630. The number of amides is 2. The smallest absolute Gasteiger partial charge is 0.268 e. The van der Waals surface area contributed by atoms with Gasteiger partial charge in [0, 0.05) is 63.6 Å². The van der Waals surface area contributed by atoms with Crippen LogP contribution in [0.2, 0.25) is 0 Å². The Morgan fingerprint density at radius 3 is 2.42 bits per heavy atom. The zero-order valence-corrected chi connectivity index (χ0v) is 27.1. The number of carbonyl (C=O) groups is 2. The van der Waals surface area contributed by atoms with Crippen LogP contribution in [0.4, 0.5) is 17.1 Å². The van der Waals surface area contributed by atoms with Gasteiger partial charge in [0.15, 0.2) is 0 Å². The molecule has 5 rings (SSSR count). The molecular formula is C31H37Cl2N5O4S. The molecule has 3 aromatic heterocycles. The molecule has 2 amide bonds. The second-order valence-corrected chi connectivity index (χ2v) is 11.5. The van der Waals surface area contributed by atoms with E-state index in [1.165, 1.54) is 11.3 Å². The molecule has 0 atom stereocenters. The molecule has 0 bridgehead atoms. The monoisotopic (exact) mass is 645 g/mol. The maximum Gasteiger partial charge on any atom is 0.268 e. The number of hydrogen-bond donors (Lipinski definition) is 0. The predicted octanol–water partition coefficient (Wildman–Crippen LogP) is 5.63. The number of benzene rings is 1. The number of rotatable bonds is 10. The van der Waals surface area contributed by atoms with E-state index in [9.17, 15) is 14.4 Å². The van der Waals surface area contributed by atoms with Gasteiger partial charge < -0.3 is 24.0 Å². The molecular weight excluding hydrogens is 609 g/mol. The topological polar surface area (TPSA) is 88.0 Å². The van der Waals surface area contributed by atoms with Gasteiger partial charge in [-0.15, -0.1) is 36.2 Å². The summed E-state index contributed by atoms with van der Waals surface area (Å²) < 4.78 is 8.66. The highest BCUT2D eigenvalue weighted by Gasteiger charge is 2.45. The lowest BCUT2D eigenvalue weighted by atomic mass is 9.90. The summed E-state index contributed by atoms with van der Waals surface area (Å²) in [5.74, 6) is 0.179. The molecule has 0 fully saturated rings. The molecule has 0 saturated carbocycles. The lowest BCUT2D eigenvalue weighted by Gasteiger charge is -2.27. The zero-order chi connectivity index (χ0) is 29.1. The van der Waals surface area contributed by atoms with E-state index in [1.54, 1.807) is 47.7 Å². The summed E-state index contributed by atoms with van der Waals surface area (Å²) in [6.07, 6.45) is 6.13. The van der Waals surface area contributed by atoms with Crippen LogP contribution in [0.3, 0.4) is 0 Å². The Balaban J connectivity index is 0.00000253. The van der Waals surface area contributed by atoms with Gasteiger partial charge in [-0.3, -0.25) is 19.4 Å². The summed E-state index contributed by atoms with van der Waals surface area (Å²) >= 11 is 1.47. The number of anilines is 3. The van der Waals surface area contributed by atoms with Gasteiger partial charge in [0.25, 0.3) is 5.56 Å². The molecule has 1 aliphatic rings. The maximum atomic E-state index is 13.1. The number of hydrogen-bond acceptors (Lipinski definition) is 7.